The highest BCUT2D eigenvalue weighted by Gasteiger charge is 2.29. The Morgan fingerprint density at radius 2 is 1.96 bits per heavy atom. The first-order chi connectivity index (χ1) is 11.4. The quantitative estimate of drug-likeness (QED) is 0.862. The highest BCUT2D eigenvalue weighted by molar-refractivity contribution is 5.76. The first-order valence-electron chi connectivity index (χ1n) is 8.51. The van der Waals surface area contributed by atoms with Gasteiger partial charge >= 0.3 is 0 Å². The molecule has 1 aliphatic rings. The van der Waals surface area contributed by atoms with E-state index in [0.717, 1.165) is 54.4 Å². The number of aryl methyl sites for hydroxylation is 4. The van der Waals surface area contributed by atoms with E-state index < -0.39 is 0 Å². The SMILES string of the molecule is Cc1cc(C)nc(C2CCN(C(=O)CCc3cnn(C)c3C)C2)n1. The van der Waals surface area contributed by atoms with Gasteiger partial charge in [0.05, 0.1) is 6.20 Å². The summed E-state index contributed by atoms with van der Waals surface area (Å²) in [4.78, 5) is 23.6. The van der Waals surface area contributed by atoms with Gasteiger partial charge in [-0.05, 0) is 45.2 Å². The Kier molecular flexibility index (Phi) is 4.64. The van der Waals surface area contributed by atoms with Crippen LogP contribution in [0.3, 0.4) is 0 Å². The van der Waals surface area contributed by atoms with Crippen molar-refractivity contribution in [1.82, 2.24) is 24.6 Å². The molecule has 1 saturated heterocycles. The predicted molar refractivity (Wildman–Crippen MR) is 91.7 cm³/mol. The van der Waals surface area contributed by atoms with Gasteiger partial charge in [0.25, 0.3) is 0 Å². The van der Waals surface area contributed by atoms with Gasteiger partial charge in [0.15, 0.2) is 0 Å². The molecule has 1 amide bonds. The van der Waals surface area contributed by atoms with Gasteiger partial charge in [-0.1, -0.05) is 0 Å². The van der Waals surface area contributed by atoms with Crippen LogP contribution >= 0.6 is 0 Å². The zero-order chi connectivity index (χ0) is 17.3. The van der Waals surface area contributed by atoms with Gasteiger partial charge in [-0.25, -0.2) is 9.97 Å². The van der Waals surface area contributed by atoms with E-state index in [0.29, 0.717) is 6.42 Å². The van der Waals surface area contributed by atoms with Crippen LogP contribution in [0.15, 0.2) is 12.3 Å². The summed E-state index contributed by atoms with van der Waals surface area (Å²) in [7, 11) is 1.93. The summed E-state index contributed by atoms with van der Waals surface area (Å²) in [5, 5.41) is 4.24. The molecule has 0 bridgehead atoms. The summed E-state index contributed by atoms with van der Waals surface area (Å²) >= 11 is 0. The number of carbonyl (C=O) groups excluding carboxylic acids is 1. The minimum atomic E-state index is 0.213. The van der Waals surface area contributed by atoms with Crippen LogP contribution in [0.2, 0.25) is 0 Å². The van der Waals surface area contributed by atoms with Gasteiger partial charge in [0.1, 0.15) is 5.82 Å². The van der Waals surface area contributed by atoms with Gasteiger partial charge in [-0.15, -0.1) is 0 Å². The number of hydrogen-bond acceptors (Lipinski definition) is 4. The molecule has 3 rings (SSSR count). The number of rotatable bonds is 4. The Hall–Kier alpha value is -2.24. The van der Waals surface area contributed by atoms with Crippen molar-refractivity contribution in [2.75, 3.05) is 13.1 Å². The Morgan fingerprint density at radius 1 is 1.25 bits per heavy atom. The third-order valence-corrected chi connectivity index (χ3v) is 4.85. The maximum Gasteiger partial charge on any atom is 0.222 e. The van der Waals surface area contributed by atoms with Crippen molar-refractivity contribution >= 4 is 5.91 Å². The maximum absolute atomic E-state index is 12.5. The number of carbonyl (C=O) groups is 1. The lowest BCUT2D eigenvalue weighted by Crippen LogP contribution is -2.28. The van der Waals surface area contributed by atoms with Crippen molar-refractivity contribution in [3.05, 3.63) is 40.7 Å². The first kappa shape index (κ1) is 16.6. The van der Waals surface area contributed by atoms with Crippen LogP contribution in [0, 0.1) is 20.8 Å². The fraction of sp³-hybridized carbons (Fsp3) is 0.556. The predicted octanol–water partition coefficient (Wildman–Crippen LogP) is 2.08. The average Bonchev–Trinajstić information content (AvgIpc) is 3.13. The van der Waals surface area contributed by atoms with Crippen molar-refractivity contribution in [3.8, 4) is 0 Å². The third-order valence-electron chi connectivity index (χ3n) is 4.85. The molecule has 128 valence electrons. The van der Waals surface area contributed by atoms with E-state index in [-0.39, 0.29) is 11.8 Å². The second-order valence-corrected chi connectivity index (χ2v) is 6.71. The van der Waals surface area contributed by atoms with Gasteiger partial charge in [0, 0.05) is 49.6 Å². The van der Waals surface area contributed by atoms with Gasteiger partial charge in [-0.3, -0.25) is 9.48 Å². The molecule has 0 radical (unpaired) electrons. The van der Waals surface area contributed by atoms with E-state index in [1.54, 1.807) is 0 Å². The fourth-order valence-electron chi connectivity index (χ4n) is 3.32. The molecule has 1 unspecified atom stereocenters. The Morgan fingerprint density at radius 3 is 2.58 bits per heavy atom. The van der Waals surface area contributed by atoms with E-state index in [1.165, 1.54) is 0 Å². The Balaban J connectivity index is 1.58. The van der Waals surface area contributed by atoms with E-state index >= 15 is 0 Å². The number of nitrogens with zero attached hydrogens (tertiary/aromatic N) is 5. The summed E-state index contributed by atoms with van der Waals surface area (Å²) < 4.78 is 1.85. The molecule has 0 spiro atoms. The molecule has 6 nitrogen and oxygen atoms in total. The van der Waals surface area contributed by atoms with Crippen LogP contribution in [0.25, 0.3) is 0 Å². The molecule has 0 aromatic carbocycles. The second-order valence-electron chi connectivity index (χ2n) is 6.71. The summed E-state index contributed by atoms with van der Waals surface area (Å²) in [5.41, 5.74) is 4.27. The highest BCUT2D eigenvalue weighted by Crippen LogP contribution is 2.25. The molecule has 24 heavy (non-hydrogen) atoms. The minimum absolute atomic E-state index is 0.213. The third kappa shape index (κ3) is 3.47. The molecule has 0 aliphatic carbocycles. The average molecular weight is 327 g/mol. The summed E-state index contributed by atoms with van der Waals surface area (Å²) in [6.07, 6.45) is 4.09. The monoisotopic (exact) mass is 327 g/mol. The zero-order valence-electron chi connectivity index (χ0n) is 14.9. The molecule has 6 heteroatoms. The molecule has 0 N–H and O–H groups in total. The van der Waals surface area contributed by atoms with Crippen molar-refractivity contribution in [3.63, 3.8) is 0 Å². The lowest BCUT2D eigenvalue weighted by Gasteiger charge is -2.16. The first-order valence-corrected chi connectivity index (χ1v) is 8.51. The van der Waals surface area contributed by atoms with Crippen molar-refractivity contribution < 1.29 is 4.79 Å². The Labute approximate surface area is 142 Å². The molecule has 0 saturated carbocycles. The van der Waals surface area contributed by atoms with E-state index in [4.69, 9.17) is 0 Å². The maximum atomic E-state index is 12.5. The van der Waals surface area contributed by atoms with Crippen LogP contribution < -0.4 is 0 Å². The second kappa shape index (κ2) is 6.71. The van der Waals surface area contributed by atoms with Crippen LogP contribution in [0.1, 0.15) is 47.2 Å². The molecular weight excluding hydrogens is 302 g/mol. The van der Waals surface area contributed by atoms with Crippen molar-refractivity contribution in [2.24, 2.45) is 7.05 Å². The topological polar surface area (TPSA) is 63.9 Å². The molecule has 1 aliphatic heterocycles. The molecule has 3 heterocycles. The van der Waals surface area contributed by atoms with Crippen LogP contribution in [0.5, 0.6) is 0 Å². The van der Waals surface area contributed by atoms with E-state index in [1.807, 2.05) is 49.7 Å². The van der Waals surface area contributed by atoms with Crippen LogP contribution in [0.4, 0.5) is 0 Å². The van der Waals surface area contributed by atoms with Crippen molar-refractivity contribution in [1.29, 1.82) is 0 Å². The number of likely N-dealkylation sites (tertiary alicyclic amines) is 1. The van der Waals surface area contributed by atoms with Crippen LogP contribution in [-0.4, -0.2) is 43.6 Å². The van der Waals surface area contributed by atoms with E-state index in [2.05, 4.69) is 15.1 Å². The Bertz CT molecular complexity index is 732. The van der Waals surface area contributed by atoms with Gasteiger partial charge in [0.2, 0.25) is 5.91 Å². The highest BCUT2D eigenvalue weighted by atomic mass is 16.2. The summed E-state index contributed by atoms with van der Waals surface area (Å²) in [6, 6.07) is 1.98. The molecule has 2 aromatic heterocycles. The molecule has 1 fully saturated rings. The summed E-state index contributed by atoms with van der Waals surface area (Å²) in [6.45, 7) is 7.55. The van der Waals surface area contributed by atoms with Crippen LogP contribution in [-0.2, 0) is 18.3 Å². The normalized spacial score (nSPS) is 17.5. The smallest absolute Gasteiger partial charge is 0.222 e. The number of aromatic nitrogens is 4. The molecule has 2 aromatic rings. The number of amides is 1. The minimum Gasteiger partial charge on any atom is -0.342 e. The lowest BCUT2D eigenvalue weighted by atomic mass is 10.1. The van der Waals surface area contributed by atoms with Gasteiger partial charge in [-0.2, -0.15) is 5.10 Å². The fourth-order valence-corrected chi connectivity index (χ4v) is 3.32. The lowest BCUT2D eigenvalue weighted by molar-refractivity contribution is -0.130. The largest absolute Gasteiger partial charge is 0.342 e. The summed E-state index contributed by atoms with van der Waals surface area (Å²) in [5.74, 6) is 1.35. The van der Waals surface area contributed by atoms with Gasteiger partial charge < -0.3 is 4.90 Å². The molecule has 1 atom stereocenters. The zero-order valence-corrected chi connectivity index (χ0v) is 14.9. The van der Waals surface area contributed by atoms with E-state index in [9.17, 15) is 4.79 Å². The molecular formula is C18H25N5O. The number of hydrogen-bond donors (Lipinski definition) is 0. The van der Waals surface area contributed by atoms with Crippen molar-refractivity contribution in [2.45, 2.75) is 46.0 Å². The standard InChI is InChI=1S/C18H25N5O/c1-12-9-13(2)21-18(20-12)16-7-8-23(11-16)17(24)6-5-15-10-19-22(4)14(15)3/h9-10,16H,5-8,11H2,1-4H3.